The summed E-state index contributed by atoms with van der Waals surface area (Å²) < 4.78 is 0. The first-order valence-electron chi connectivity index (χ1n) is 8.10. The van der Waals surface area contributed by atoms with Crippen LogP contribution in [0.25, 0.3) is 11.3 Å². The van der Waals surface area contributed by atoms with Crippen LogP contribution in [-0.4, -0.2) is 21.0 Å². The second-order valence-electron chi connectivity index (χ2n) is 6.09. The molecule has 0 aliphatic rings. The van der Waals surface area contributed by atoms with Gasteiger partial charge in [-0.15, -0.1) is 0 Å². The van der Waals surface area contributed by atoms with Gasteiger partial charge in [-0.3, -0.25) is 4.98 Å². The lowest BCUT2D eigenvalue weighted by atomic mass is 10.2. The van der Waals surface area contributed by atoms with E-state index < -0.39 is 0 Å². The molecule has 2 N–H and O–H groups in total. The standard InChI is InChI=1S/C19H20ClN5/c1-12(2)22-19-24-17(14-5-4-8-21-11-14)10-18(25-19)23-15-7-6-13(3)16(20)9-15/h4-12H,1-3H3,(H2,22,23,24,25). The van der Waals surface area contributed by atoms with Crippen LogP contribution in [0.5, 0.6) is 0 Å². The number of anilines is 3. The molecule has 6 heteroatoms. The first-order valence-corrected chi connectivity index (χ1v) is 8.48. The smallest absolute Gasteiger partial charge is 0.225 e. The number of nitrogens with one attached hydrogen (secondary N) is 2. The lowest BCUT2D eigenvalue weighted by Gasteiger charge is -2.13. The van der Waals surface area contributed by atoms with E-state index in [2.05, 4.69) is 25.6 Å². The maximum atomic E-state index is 6.21. The molecule has 25 heavy (non-hydrogen) atoms. The van der Waals surface area contributed by atoms with Gasteiger partial charge in [0.15, 0.2) is 0 Å². The Morgan fingerprint density at radius 2 is 1.92 bits per heavy atom. The van der Waals surface area contributed by atoms with Crippen molar-refractivity contribution in [3.63, 3.8) is 0 Å². The summed E-state index contributed by atoms with van der Waals surface area (Å²) in [4.78, 5) is 13.3. The van der Waals surface area contributed by atoms with Crippen LogP contribution < -0.4 is 10.6 Å². The highest BCUT2D eigenvalue weighted by Gasteiger charge is 2.09. The SMILES string of the molecule is Cc1ccc(Nc2cc(-c3cccnc3)nc(NC(C)C)n2)cc1Cl. The van der Waals surface area contributed by atoms with Crippen LogP contribution in [-0.2, 0) is 0 Å². The number of rotatable bonds is 5. The van der Waals surface area contributed by atoms with Gasteiger partial charge in [0.2, 0.25) is 5.95 Å². The summed E-state index contributed by atoms with van der Waals surface area (Å²) in [6.07, 6.45) is 3.53. The van der Waals surface area contributed by atoms with E-state index in [0.717, 1.165) is 22.5 Å². The third-order valence-corrected chi connectivity index (χ3v) is 3.95. The van der Waals surface area contributed by atoms with Crippen molar-refractivity contribution < 1.29 is 0 Å². The zero-order valence-corrected chi connectivity index (χ0v) is 15.2. The van der Waals surface area contributed by atoms with Gasteiger partial charge in [0, 0.05) is 40.8 Å². The van der Waals surface area contributed by atoms with Crippen molar-refractivity contribution >= 4 is 29.1 Å². The topological polar surface area (TPSA) is 62.7 Å². The normalized spacial score (nSPS) is 10.8. The van der Waals surface area contributed by atoms with E-state index >= 15 is 0 Å². The van der Waals surface area contributed by atoms with Crippen molar-refractivity contribution in [1.29, 1.82) is 0 Å². The quantitative estimate of drug-likeness (QED) is 0.671. The summed E-state index contributed by atoms with van der Waals surface area (Å²) in [6.45, 7) is 6.07. The Morgan fingerprint density at radius 3 is 2.60 bits per heavy atom. The number of aryl methyl sites for hydroxylation is 1. The van der Waals surface area contributed by atoms with Gasteiger partial charge in [0.05, 0.1) is 5.69 Å². The van der Waals surface area contributed by atoms with Crippen LogP contribution >= 0.6 is 11.6 Å². The van der Waals surface area contributed by atoms with Gasteiger partial charge in [0.25, 0.3) is 0 Å². The largest absolute Gasteiger partial charge is 0.352 e. The summed E-state index contributed by atoms with van der Waals surface area (Å²) in [7, 11) is 0. The van der Waals surface area contributed by atoms with Crippen LogP contribution in [0.3, 0.4) is 0 Å². The van der Waals surface area contributed by atoms with E-state index in [0.29, 0.717) is 16.8 Å². The van der Waals surface area contributed by atoms with Gasteiger partial charge in [-0.05, 0) is 50.6 Å². The number of nitrogens with zero attached hydrogens (tertiary/aromatic N) is 3. The van der Waals surface area contributed by atoms with Gasteiger partial charge in [0.1, 0.15) is 5.82 Å². The van der Waals surface area contributed by atoms with Gasteiger partial charge in [-0.25, -0.2) is 4.98 Å². The molecule has 128 valence electrons. The molecule has 2 aromatic heterocycles. The number of benzene rings is 1. The highest BCUT2D eigenvalue weighted by Crippen LogP contribution is 2.26. The molecule has 0 atom stereocenters. The Morgan fingerprint density at radius 1 is 1.08 bits per heavy atom. The first kappa shape index (κ1) is 17.2. The van der Waals surface area contributed by atoms with Crippen LogP contribution in [0.4, 0.5) is 17.5 Å². The van der Waals surface area contributed by atoms with Crippen molar-refractivity contribution in [3.8, 4) is 11.3 Å². The number of halogens is 1. The zero-order valence-electron chi connectivity index (χ0n) is 14.4. The van der Waals surface area contributed by atoms with Gasteiger partial charge < -0.3 is 10.6 Å². The van der Waals surface area contributed by atoms with Crippen molar-refractivity contribution in [2.75, 3.05) is 10.6 Å². The molecule has 1 aromatic carbocycles. The summed E-state index contributed by atoms with van der Waals surface area (Å²) >= 11 is 6.21. The molecular formula is C19H20ClN5. The molecule has 0 fully saturated rings. The summed E-state index contributed by atoms with van der Waals surface area (Å²) in [5, 5.41) is 7.27. The third-order valence-electron chi connectivity index (χ3n) is 3.55. The van der Waals surface area contributed by atoms with Crippen molar-refractivity contribution in [2.24, 2.45) is 0 Å². The monoisotopic (exact) mass is 353 g/mol. The molecule has 0 aliphatic carbocycles. The van der Waals surface area contributed by atoms with Crippen LogP contribution in [0.15, 0.2) is 48.8 Å². The van der Waals surface area contributed by atoms with Crippen LogP contribution in [0.1, 0.15) is 19.4 Å². The molecule has 2 heterocycles. The van der Waals surface area contributed by atoms with Gasteiger partial charge in [-0.1, -0.05) is 17.7 Å². The second kappa shape index (κ2) is 7.49. The Labute approximate surface area is 152 Å². The minimum absolute atomic E-state index is 0.228. The highest BCUT2D eigenvalue weighted by atomic mass is 35.5. The zero-order chi connectivity index (χ0) is 17.8. The Balaban J connectivity index is 1.98. The molecule has 0 aliphatic heterocycles. The van der Waals surface area contributed by atoms with Crippen molar-refractivity contribution in [1.82, 2.24) is 15.0 Å². The van der Waals surface area contributed by atoms with Gasteiger partial charge in [-0.2, -0.15) is 4.98 Å². The molecule has 0 spiro atoms. The van der Waals surface area contributed by atoms with E-state index in [1.54, 1.807) is 12.4 Å². The maximum absolute atomic E-state index is 6.21. The fourth-order valence-electron chi connectivity index (χ4n) is 2.31. The molecule has 0 saturated carbocycles. The fourth-order valence-corrected chi connectivity index (χ4v) is 2.50. The van der Waals surface area contributed by atoms with Crippen LogP contribution in [0.2, 0.25) is 5.02 Å². The molecule has 0 amide bonds. The fraction of sp³-hybridized carbons (Fsp3) is 0.211. The predicted molar refractivity (Wildman–Crippen MR) is 103 cm³/mol. The molecule has 0 bridgehead atoms. The summed E-state index contributed by atoms with van der Waals surface area (Å²) in [6, 6.07) is 11.8. The molecule has 0 saturated heterocycles. The molecule has 3 rings (SSSR count). The van der Waals surface area contributed by atoms with Crippen molar-refractivity contribution in [2.45, 2.75) is 26.8 Å². The van der Waals surface area contributed by atoms with E-state index in [9.17, 15) is 0 Å². The maximum Gasteiger partial charge on any atom is 0.225 e. The van der Waals surface area contributed by atoms with E-state index in [-0.39, 0.29) is 6.04 Å². The molecule has 0 radical (unpaired) electrons. The number of pyridine rings is 1. The number of hydrogen-bond donors (Lipinski definition) is 2. The number of aromatic nitrogens is 3. The molecular weight excluding hydrogens is 334 g/mol. The second-order valence-corrected chi connectivity index (χ2v) is 6.50. The Kier molecular flexibility index (Phi) is 5.14. The van der Waals surface area contributed by atoms with Gasteiger partial charge >= 0.3 is 0 Å². The Bertz CT molecular complexity index is 865. The van der Waals surface area contributed by atoms with E-state index in [1.165, 1.54) is 0 Å². The highest BCUT2D eigenvalue weighted by molar-refractivity contribution is 6.31. The van der Waals surface area contributed by atoms with E-state index in [1.807, 2.05) is 57.2 Å². The average Bonchev–Trinajstić information content (AvgIpc) is 2.58. The average molecular weight is 354 g/mol. The summed E-state index contributed by atoms with van der Waals surface area (Å²) in [5.41, 5.74) is 3.64. The molecule has 5 nitrogen and oxygen atoms in total. The van der Waals surface area contributed by atoms with Crippen molar-refractivity contribution in [3.05, 3.63) is 59.4 Å². The molecule has 0 unspecified atom stereocenters. The number of hydrogen-bond acceptors (Lipinski definition) is 5. The predicted octanol–water partition coefficient (Wildman–Crippen LogP) is 5.06. The first-order chi connectivity index (χ1) is 12.0. The summed E-state index contributed by atoms with van der Waals surface area (Å²) in [5.74, 6) is 1.26. The lowest BCUT2D eigenvalue weighted by molar-refractivity contribution is 0.876. The lowest BCUT2D eigenvalue weighted by Crippen LogP contribution is -2.13. The minimum atomic E-state index is 0.228. The minimum Gasteiger partial charge on any atom is -0.352 e. The van der Waals surface area contributed by atoms with E-state index in [4.69, 9.17) is 11.6 Å². The molecule has 3 aromatic rings. The third kappa shape index (κ3) is 4.45. The van der Waals surface area contributed by atoms with Crippen LogP contribution in [0, 0.1) is 6.92 Å². The Hall–Kier alpha value is -2.66.